The lowest BCUT2D eigenvalue weighted by Gasteiger charge is -2.35. The lowest BCUT2D eigenvalue weighted by molar-refractivity contribution is 0.147. The first-order valence-corrected chi connectivity index (χ1v) is 9.78. The molecule has 3 rings (SSSR count). The molecule has 0 spiro atoms. The largest absolute Gasteiger partial charge is 0.364 e. The molecule has 1 fully saturated rings. The number of nitrogens with zero attached hydrogens (tertiary/aromatic N) is 4. The van der Waals surface area contributed by atoms with E-state index in [2.05, 4.69) is 59.4 Å². The highest BCUT2D eigenvalue weighted by atomic mass is 32.1. The zero-order valence-electron chi connectivity index (χ0n) is 15.3. The summed E-state index contributed by atoms with van der Waals surface area (Å²) in [6.45, 7) is 12.5. The molecule has 5 nitrogen and oxygen atoms in total. The number of aromatic nitrogens is 2. The van der Waals surface area contributed by atoms with Crippen LogP contribution in [0, 0.1) is 0 Å². The van der Waals surface area contributed by atoms with Gasteiger partial charge < -0.3 is 15.1 Å². The monoisotopic (exact) mass is 347 g/mol. The zero-order valence-corrected chi connectivity index (χ0v) is 16.1. The summed E-state index contributed by atoms with van der Waals surface area (Å²) in [7, 11) is 2.20. The van der Waals surface area contributed by atoms with Gasteiger partial charge in [0, 0.05) is 44.7 Å². The van der Waals surface area contributed by atoms with E-state index < -0.39 is 0 Å². The molecule has 132 valence electrons. The molecule has 3 heterocycles. The summed E-state index contributed by atoms with van der Waals surface area (Å²) in [6.07, 6.45) is 1.97. The van der Waals surface area contributed by atoms with Crippen LogP contribution < -0.4 is 5.32 Å². The molecule has 0 bridgehead atoms. The van der Waals surface area contributed by atoms with E-state index in [9.17, 15) is 0 Å². The number of fused-ring (bicyclic) bond motifs is 1. The fourth-order valence-corrected chi connectivity index (χ4v) is 3.83. The molecule has 0 saturated carbocycles. The Morgan fingerprint density at radius 1 is 1.21 bits per heavy atom. The number of thiophene rings is 1. The second-order valence-corrected chi connectivity index (χ2v) is 8.28. The van der Waals surface area contributed by atoms with Crippen molar-refractivity contribution in [2.24, 2.45) is 0 Å². The molecule has 24 heavy (non-hydrogen) atoms. The molecule has 2 aromatic heterocycles. The van der Waals surface area contributed by atoms with Gasteiger partial charge in [0.25, 0.3) is 0 Å². The molecule has 2 aromatic rings. The van der Waals surface area contributed by atoms with Crippen LogP contribution in [0.15, 0.2) is 11.4 Å². The van der Waals surface area contributed by atoms with Crippen molar-refractivity contribution >= 4 is 27.4 Å². The molecule has 1 aliphatic rings. The quantitative estimate of drug-likeness (QED) is 0.870. The molecule has 1 N–H and O–H groups in total. The number of hydrogen-bond donors (Lipinski definition) is 1. The number of likely N-dealkylation sites (N-methyl/N-ethyl adjacent to an activating group) is 1. The summed E-state index contributed by atoms with van der Waals surface area (Å²) in [5.74, 6) is 1.91. The van der Waals surface area contributed by atoms with Crippen molar-refractivity contribution < 1.29 is 0 Å². The van der Waals surface area contributed by atoms with Crippen molar-refractivity contribution in [2.45, 2.75) is 39.2 Å². The van der Waals surface area contributed by atoms with Crippen molar-refractivity contribution in [3.8, 4) is 0 Å². The van der Waals surface area contributed by atoms with E-state index in [4.69, 9.17) is 4.98 Å². The molecular formula is C18H29N5S. The first-order chi connectivity index (χ1) is 11.5. The predicted octanol–water partition coefficient (Wildman–Crippen LogP) is 3.08. The van der Waals surface area contributed by atoms with Crippen LogP contribution in [-0.4, -0.2) is 65.1 Å². The number of anilines is 1. The third-order valence-electron chi connectivity index (χ3n) is 4.79. The summed E-state index contributed by atoms with van der Waals surface area (Å²) in [5.41, 5.74) is 0.0115. The fourth-order valence-electron chi connectivity index (χ4n) is 3.05. The molecule has 0 aromatic carbocycles. The first kappa shape index (κ1) is 17.6. The van der Waals surface area contributed by atoms with Crippen molar-refractivity contribution in [2.75, 3.05) is 45.1 Å². The second-order valence-electron chi connectivity index (χ2n) is 7.39. The highest BCUT2D eigenvalue weighted by Crippen LogP contribution is 2.28. The Balaban J connectivity index is 1.66. The van der Waals surface area contributed by atoms with Crippen LogP contribution in [0.3, 0.4) is 0 Å². The van der Waals surface area contributed by atoms with E-state index in [1.165, 1.54) is 26.2 Å². The predicted molar refractivity (Wildman–Crippen MR) is 103 cm³/mol. The Morgan fingerprint density at radius 2 is 1.96 bits per heavy atom. The van der Waals surface area contributed by atoms with E-state index in [1.807, 2.05) is 0 Å². The van der Waals surface area contributed by atoms with Crippen LogP contribution in [0.25, 0.3) is 10.2 Å². The third kappa shape index (κ3) is 4.23. The van der Waals surface area contributed by atoms with Crippen LogP contribution >= 0.6 is 11.3 Å². The Labute approximate surface area is 149 Å². The summed E-state index contributed by atoms with van der Waals surface area (Å²) in [4.78, 5) is 15.4. The summed E-state index contributed by atoms with van der Waals surface area (Å²) >= 11 is 1.69. The van der Waals surface area contributed by atoms with E-state index in [0.29, 0.717) is 0 Å². The number of piperazine rings is 1. The summed E-state index contributed by atoms with van der Waals surface area (Å²) in [6, 6.07) is 2.12. The molecule has 0 aliphatic carbocycles. The van der Waals surface area contributed by atoms with E-state index in [1.54, 1.807) is 11.3 Å². The van der Waals surface area contributed by atoms with Gasteiger partial charge in [-0.25, -0.2) is 9.97 Å². The molecule has 1 saturated heterocycles. The number of rotatable bonds is 6. The minimum atomic E-state index is 0.0115. The fraction of sp³-hybridized carbons (Fsp3) is 0.667. The van der Waals surface area contributed by atoms with Crippen LogP contribution in [0.2, 0.25) is 0 Å². The van der Waals surface area contributed by atoms with Crippen LogP contribution in [0.4, 0.5) is 5.82 Å². The average Bonchev–Trinajstić information content (AvgIpc) is 3.03. The molecule has 0 radical (unpaired) electrons. The van der Waals surface area contributed by atoms with Crippen molar-refractivity contribution in [3.05, 3.63) is 17.3 Å². The molecule has 1 aliphatic heterocycles. The Hall–Kier alpha value is -1.24. The maximum Gasteiger partial charge on any atom is 0.138 e. The van der Waals surface area contributed by atoms with E-state index in [0.717, 1.165) is 41.2 Å². The minimum absolute atomic E-state index is 0.0115. The van der Waals surface area contributed by atoms with Crippen molar-refractivity contribution in [3.63, 3.8) is 0 Å². The normalized spacial score (nSPS) is 17.5. The van der Waals surface area contributed by atoms with Gasteiger partial charge >= 0.3 is 0 Å². The molecule has 0 unspecified atom stereocenters. The summed E-state index contributed by atoms with van der Waals surface area (Å²) in [5, 5.41) is 6.93. The van der Waals surface area contributed by atoms with Crippen LogP contribution in [0.5, 0.6) is 0 Å². The third-order valence-corrected chi connectivity index (χ3v) is 5.60. The van der Waals surface area contributed by atoms with Gasteiger partial charge in [0.05, 0.1) is 5.39 Å². The van der Waals surface area contributed by atoms with Crippen LogP contribution in [-0.2, 0) is 6.42 Å². The zero-order chi connectivity index (χ0) is 17.2. The number of aryl methyl sites for hydroxylation is 1. The highest BCUT2D eigenvalue weighted by molar-refractivity contribution is 7.16. The second kappa shape index (κ2) is 7.33. The smallest absolute Gasteiger partial charge is 0.138 e. The van der Waals surface area contributed by atoms with Gasteiger partial charge in [-0.2, -0.15) is 0 Å². The minimum Gasteiger partial charge on any atom is -0.364 e. The molecular weight excluding hydrogens is 318 g/mol. The lowest BCUT2D eigenvalue weighted by Crippen LogP contribution is -2.46. The van der Waals surface area contributed by atoms with Crippen LogP contribution in [0.1, 0.15) is 33.0 Å². The standard InChI is InChI=1S/C18H29N5S/c1-5-15-19-16(14-6-13-24-17(14)20-15)21-18(2,3)7-8-23-11-9-22(4)10-12-23/h6,13H,5,7-12H2,1-4H3,(H,19,20,21). The SMILES string of the molecule is CCc1nc(NC(C)(C)CCN2CCN(C)CC2)c2ccsc2n1. The van der Waals surface area contributed by atoms with Gasteiger partial charge in [0.2, 0.25) is 0 Å². The van der Waals surface area contributed by atoms with Crippen molar-refractivity contribution in [1.82, 2.24) is 19.8 Å². The van der Waals surface area contributed by atoms with Gasteiger partial charge in [-0.1, -0.05) is 6.92 Å². The highest BCUT2D eigenvalue weighted by Gasteiger charge is 2.22. The maximum absolute atomic E-state index is 4.75. The first-order valence-electron chi connectivity index (χ1n) is 8.90. The molecule has 0 atom stereocenters. The van der Waals surface area contributed by atoms with Gasteiger partial charge in [0.15, 0.2) is 0 Å². The van der Waals surface area contributed by atoms with E-state index >= 15 is 0 Å². The van der Waals surface area contributed by atoms with Gasteiger partial charge in [-0.05, 0) is 38.8 Å². The summed E-state index contributed by atoms with van der Waals surface area (Å²) < 4.78 is 0. The topological polar surface area (TPSA) is 44.3 Å². The van der Waals surface area contributed by atoms with Gasteiger partial charge in [-0.15, -0.1) is 11.3 Å². The Morgan fingerprint density at radius 3 is 2.67 bits per heavy atom. The molecule has 6 heteroatoms. The Bertz CT molecular complexity index is 673. The van der Waals surface area contributed by atoms with Gasteiger partial charge in [0.1, 0.15) is 16.5 Å². The molecule has 0 amide bonds. The van der Waals surface area contributed by atoms with E-state index in [-0.39, 0.29) is 5.54 Å². The van der Waals surface area contributed by atoms with Gasteiger partial charge in [-0.3, -0.25) is 0 Å². The average molecular weight is 348 g/mol. The van der Waals surface area contributed by atoms with Crippen molar-refractivity contribution in [1.29, 1.82) is 0 Å². The Kier molecular flexibility index (Phi) is 5.37. The maximum atomic E-state index is 4.75. The lowest BCUT2D eigenvalue weighted by atomic mass is 10.00. The number of hydrogen-bond acceptors (Lipinski definition) is 6. The number of nitrogens with one attached hydrogen (secondary N) is 1.